The second kappa shape index (κ2) is 14.7. The van der Waals surface area contributed by atoms with Gasteiger partial charge in [-0.1, -0.05) is 59.6 Å². The van der Waals surface area contributed by atoms with Crippen molar-refractivity contribution >= 4 is 87.1 Å². The lowest BCUT2D eigenvalue weighted by atomic mass is 10.1. The van der Waals surface area contributed by atoms with Gasteiger partial charge in [0.1, 0.15) is 11.2 Å². The van der Waals surface area contributed by atoms with Crippen molar-refractivity contribution in [3.63, 3.8) is 0 Å². The number of imide groups is 1. The summed E-state index contributed by atoms with van der Waals surface area (Å²) in [4.78, 5) is 59.3. The number of thioether (sulfide) groups is 1. The van der Waals surface area contributed by atoms with Crippen molar-refractivity contribution in [3.05, 3.63) is 148 Å². The molecule has 2 heterocycles. The normalized spacial score (nSPS) is 14.6. The van der Waals surface area contributed by atoms with Gasteiger partial charge in [0.05, 0.1) is 10.9 Å². The van der Waals surface area contributed by atoms with Gasteiger partial charge in [0.25, 0.3) is 11.8 Å². The molecule has 1 unspecified atom stereocenters. The molecule has 6 aromatic rings. The van der Waals surface area contributed by atoms with E-state index in [2.05, 4.69) is 15.6 Å². The van der Waals surface area contributed by atoms with Crippen LogP contribution >= 0.6 is 35.0 Å². The molecule has 0 spiro atoms. The molecular formula is C39H26Cl2N4O5S. The first-order valence-electron chi connectivity index (χ1n) is 15.7. The zero-order chi connectivity index (χ0) is 35.5. The minimum absolute atomic E-state index is 0.0364. The van der Waals surface area contributed by atoms with Crippen molar-refractivity contribution < 1.29 is 23.6 Å². The predicted octanol–water partition coefficient (Wildman–Crippen LogP) is 8.64. The molecule has 252 valence electrons. The summed E-state index contributed by atoms with van der Waals surface area (Å²) >= 11 is 14.0. The Balaban J connectivity index is 1.02. The number of nitrogens with one attached hydrogen (secondary N) is 2. The Morgan fingerprint density at radius 3 is 2.22 bits per heavy atom. The smallest absolute Gasteiger partial charge is 0.272 e. The highest BCUT2D eigenvalue weighted by Crippen LogP contribution is 2.35. The van der Waals surface area contributed by atoms with Gasteiger partial charge in [0.15, 0.2) is 5.58 Å². The van der Waals surface area contributed by atoms with Gasteiger partial charge in [0.2, 0.25) is 17.7 Å². The van der Waals surface area contributed by atoms with Crippen LogP contribution in [0.4, 0.5) is 11.4 Å². The molecule has 5 aromatic carbocycles. The van der Waals surface area contributed by atoms with Gasteiger partial charge in [-0.05, 0) is 91.0 Å². The fraction of sp³-hybridized carbons (Fsp3) is 0.0513. The third-order valence-corrected chi connectivity index (χ3v) is 9.84. The van der Waals surface area contributed by atoms with Gasteiger partial charge in [-0.25, -0.2) is 9.88 Å². The highest BCUT2D eigenvalue weighted by atomic mass is 35.5. The summed E-state index contributed by atoms with van der Waals surface area (Å²) in [6.07, 6.45) is 1.46. The molecule has 0 saturated carbocycles. The molecule has 7 rings (SSSR count). The van der Waals surface area contributed by atoms with E-state index in [4.69, 9.17) is 27.6 Å². The van der Waals surface area contributed by atoms with Crippen LogP contribution in [0.15, 0.2) is 136 Å². The fourth-order valence-corrected chi connectivity index (χ4v) is 6.99. The molecule has 9 nitrogen and oxygen atoms in total. The number of para-hydroxylation sites is 2. The summed E-state index contributed by atoms with van der Waals surface area (Å²) in [6, 6.07) is 34.6. The van der Waals surface area contributed by atoms with Crippen LogP contribution in [0.25, 0.3) is 28.6 Å². The average Bonchev–Trinajstić information content (AvgIpc) is 3.70. The summed E-state index contributed by atoms with van der Waals surface area (Å²) in [7, 11) is 0. The van der Waals surface area contributed by atoms with Gasteiger partial charge in [0, 0.05) is 43.7 Å². The Kier molecular flexibility index (Phi) is 9.72. The van der Waals surface area contributed by atoms with Crippen LogP contribution in [0.3, 0.4) is 0 Å². The molecule has 1 aromatic heterocycles. The van der Waals surface area contributed by atoms with E-state index in [0.29, 0.717) is 44.0 Å². The lowest BCUT2D eigenvalue weighted by Gasteiger charge is -2.15. The minimum atomic E-state index is -0.627. The molecular weight excluding hydrogens is 707 g/mol. The number of aromatic nitrogens is 1. The minimum Gasteiger partial charge on any atom is -0.436 e. The topological polar surface area (TPSA) is 122 Å². The molecule has 0 aliphatic carbocycles. The van der Waals surface area contributed by atoms with Crippen LogP contribution < -0.4 is 15.5 Å². The van der Waals surface area contributed by atoms with Crippen molar-refractivity contribution in [1.82, 2.24) is 10.3 Å². The Bertz CT molecular complexity index is 2270. The summed E-state index contributed by atoms with van der Waals surface area (Å²) in [5.74, 6) is -1.27. The van der Waals surface area contributed by atoms with Gasteiger partial charge in [-0.15, -0.1) is 11.8 Å². The highest BCUT2D eigenvalue weighted by molar-refractivity contribution is 8.00. The number of halogens is 2. The molecule has 12 heteroatoms. The number of hydrogen-bond donors (Lipinski definition) is 2. The number of rotatable bonds is 9. The van der Waals surface area contributed by atoms with Crippen LogP contribution in [-0.4, -0.2) is 33.9 Å². The molecule has 0 bridgehead atoms. The number of amides is 4. The average molecular weight is 734 g/mol. The van der Waals surface area contributed by atoms with Gasteiger partial charge in [-0.2, -0.15) is 0 Å². The van der Waals surface area contributed by atoms with Crippen molar-refractivity contribution in [3.8, 4) is 11.5 Å². The number of hydrogen-bond acceptors (Lipinski definition) is 7. The number of anilines is 2. The number of nitrogens with zero attached hydrogens (tertiary/aromatic N) is 2. The molecule has 1 atom stereocenters. The number of benzene rings is 5. The molecule has 51 heavy (non-hydrogen) atoms. The number of carbonyl (C=O) groups is 4. The summed E-state index contributed by atoms with van der Waals surface area (Å²) in [5, 5.41) is 5.44. The maximum atomic E-state index is 13.5. The third-order valence-electron chi connectivity index (χ3n) is 7.98. The number of carbonyl (C=O) groups excluding carboxylic acids is 4. The quantitative estimate of drug-likeness (QED) is 0.113. The molecule has 2 N–H and O–H groups in total. The lowest BCUT2D eigenvalue weighted by Crippen LogP contribution is -2.31. The molecule has 4 amide bonds. The maximum Gasteiger partial charge on any atom is 0.272 e. The zero-order valence-electron chi connectivity index (χ0n) is 26.5. The van der Waals surface area contributed by atoms with Gasteiger partial charge >= 0.3 is 0 Å². The van der Waals surface area contributed by atoms with Crippen molar-refractivity contribution in [2.24, 2.45) is 0 Å². The fourth-order valence-electron chi connectivity index (χ4n) is 5.43. The Labute approximate surface area is 306 Å². The summed E-state index contributed by atoms with van der Waals surface area (Å²) < 4.78 is 5.84. The Morgan fingerprint density at radius 1 is 0.824 bits per heavy atom. The van der Waals surface area contributed by atoms with Crippen molar-refractivity contribution in [1.29, 1.82) is 0 Å². The van der Waals surface area contributed by atoms with E-state index in [1.807, 2.05) is 24.3 Å². The monoisotopic (exact) mass is 732 g/mol. The van der Waals surface area contributed by atoms with Crippen LogP contribution in [0, 0.1) is 0 Å². The van der Waals surface area contributed by atoms with E-state index in [1.54, 1.807) is 97.1 Å². The lowest BCUT2D eigenvalue weighted by molar-refractivity contribution is -0.121. The predicted molar refractivity (Wildman–Crippen MR) is 200 cm³/mol. The molecule has 1 aliphatic rings. The Hall–Kier alpha value is -5.68. The van der Waals surface area contributed by atoms with E-state index in [0.717, 1.165) is 16.0 Å². The first-order chi connectivity index (χ1) is 24.7. The van der Waals surface area contributed by atoms with Crippen LogP contribution in [-0.2, 0) is 14.4 Å². The Morgan fingerprint density at radius 2 is 1.51 bits per heavy atom. The largest absolute Gasteiger partial charge is 0.436 e. The summed E-state index contributed by atoms with van der Waals surface area (Å²) in [6.45, 7) is 0. The van der Waals surface area contributed by atoms with Crippen LogP contribution in [0.1, 0.15) is 22.3 Å². The third kappa shape index (κ3) is 7.44. The second-order valence-electron chi connectivity index (χ2n) is 11.4. The number of fused-ring (bicyclic) bond motifs is 1. The van der Waals surface area contributed by atoms with Crippen molar-refractivity contribution in [2.75, 3.05) is 10.2 Å². The van der Waals surface area contributed by atoms with E-state index in [9.17, 15) is 19.2 Å². The maximum absolute atomic E-state index is 13.5. The zero-order valence-corrected chi connectivity index (χ0v) is 28.8. The first-order valence-corrected chi connectivity index (χ1v) is 17.3. The molecule has 1 aliphatic heterocycles. The second-order valence-corrected chi connectivity index (χ2v) is 13.5. The van der Waals surface area contributed by atoms with Gasteiger partial charge < -0.3 is 15.1 Å². The van der Waals surface area contributed by atoms with E-state index >= 15 is 0 Å². The first kappa shape index (κ1) is 33.8. The van der Waals surface area contributed by atoms with Crippen molar-refractivity contribution in [2.45, 2.75) is 16.6 Å². The van der Waals surface area contributed by atoms with E-state index in [-0.39, 0.29) is 23.9 Å². The standard InChI is InChI=1S/C39H26Cl2N4O5S/c40-29-9-6-10-30(41)28(29)21-32(43-36(47)23-7-2-1-3-8-23)37(48)42-25-15-19-27(20-16-25)51-34-22-35(46)45(39(34)49)26-17-13-24(14-18-26)38-44-31-11-4-5-12-33(31)50-38/h1-21,34H,22H2,(H,42,48)(H,43,47)/b32-21-. The van der Waals surface area contributed by atoms with Crippen LogP contribution in [0.2, 0.25) is 10.0 Å². The molecule has 1 fully saturated rings. The SMILES string of the molecule is O=C(Nc1ccc(SC2CC(=O)N(c3ccc(-c4nc5ccccc5o4)cc3)C2=O)cc1)/C(=C/c1c(Cl)cccc1Cl)NC(=O)c1ccccc1. The molecule has 0 radical (unpaired) electrons. The summed E-state index contributed by atoms with van der Waals surface area (Å²) in [5.41, 5.74) is 3.69. The molecule has 1 saturated heterocycles. The highest BCUT2D eigenvalue weighted by Gasteiger charge is 2.40. The van der Waals surface area contributed by atoms with E-state index in [1.165, 1.54) is 22.7 Å². The van der Waals surface area contributed by atoms with Gasteiger partial charge in [-0.3, -0.25) is 19.2 Å². The van der Waals surface area contributed by atoms with Crippen LogP contribution in [0.5, 0.6) is 0 Å². The number of oxazole rings is 1. The van der Waals surface area contributed by atoms with E-state index < -0.39 is 17.1 Å².